The van der Waals surface area contributed by atoms with Crippen molar-refractivity contribution < 1.29 is 9.90 Å². The van der Waals surface area contributed by atoms with Crippen molar-refractivity contribution in [2.75, 3.05) is 0 Å². The number of aromatic nitrogens is 5. The Labute approximate surface area is 126 Å². The van der Waals surface area contributed by atoms with Crippen LogP contribution in [0.2, 0.25) is 0 Å². The van der Waals surface area contributed by atoms with Crippen molar-refractivity contribution in [3.63, 3.8) is 0 Å². The van der Waals surface area contributed by atoms with Crippen molar-refractivity contribution in [3.8, 4) is 0 Å². The number of nitrogens with one attached hydrogen (secondary N) is 1. The molecular formula is C15H13N5O2. The van der Waals surface area contributed by atoms with E-state index in [4.69, 9.17) is 0 Å². The van der Waals surface area contributed by atoms with Crippen LogP contribution in [0.25, 0.3) is 5.76 Å². The van der Waals surface area contributed by atoms with Crippen LogP contribution in [-0.4, -0.2) is 35.6 Å². The zero-order valence-corrected chi connectivity index (χ0v) is 11.5. The molecule has 110 valence electrons. The van der Waals surface area contributed by atoms with Gasteiger partial charge in [-0.15, -0.1) is 0 Å². The van der Waals surface area contributed by atoms with E-state index in [0.717, 1.165) is 11.8 Å². The predicted octanol–water partition coefficient (Wildman–Crippen LogP) is 1.83. The molecule has 0 atom stereocenters. The number of rotatable bonds is 5. The molecule has 0 unspecified atom stereocenters. The first-order valence-corrected chi connectivity index (χ1v) is 6.59. The lowest BCUT2D eigenvalue weighted by atomic mass is 10.2. The lowest BCUT2D eigenvalue weighted by Gasteiger charge is -2.01. The molecule has 0 bridgehead atoms. The van der Waals surface area contributed by atoms with Gasteiger partial charge in [0.05, 0.1) is 12.2 Å². The van der Waals surface area contributed by atoms with Crippen LogP contribution in [-0.2, 0) is 6.54 Å². The Hall–Kier alpha value is -3.22. The molecule has 0 aliphatic carbocycles. The molecule has 0 fully saturated rings. The maximum atomic E-state index is 11.8. The number of hydrogen-bond acceptors (Lipinski definition) is 5. The normalized spacial score (nSPS) is 11.5. The lowest BCUT2D eigenvalue weighted by Crippen LogP contribution is -2.00. The number of H-pyrrole nitrogens is 1. The fraction of sp³-hybridized carbons (Fsp3) is 0.0667. The zero-order valence-electron chi connectivity index (χ0n) is 11.5. The Morgan fingerprint density at radius 1 is 1.32 bits per heavy atom. The minimum Gasteiger partial charge on any atom is -0.507 e. The molecule has 0 aliphatic rings. The molecule has 0 radical (unpaired) electrons. The number of nitrogens with zero attached hydrogens (tertiary/aromatic N) is 4. The second kappa shape index (κ2) is 6.04. The van der Waals surface area contributed by atoms with Crippen LogP contribution in [0.1, 0.15) is 21.9 Å². The average molecular weight is 295 g/mol. The minimum atomic E-state index is -0.438. The van der Waals surface area contributed by atoms with Crippen molar-refractivity contribution in [1.82, 2.24) is 24.7 Å². The van der Waals surface area contributed by atoms with Crippen LogP contribution in [0.4, 0.5) is 0 Å². The Balaban J connectivity index is 1.74. The maximum absolute atomic E-state index is 11.8. The summed E-state index contributed by atoms with van der Waals surface area (Å²) in [5, 5.41) is 16.1. The van der Waals surface area contributed by atoms with Gasteiger partial charge in [-0.05, 0) is 18.2 Å². The molecule has 0 aliphatic heterocycles. The smallest absolute Gasteiger partial charge is 0.226 e. The molecule has 7 heteroatoms. The molecule has 0 saturated heterocycles. The van der Waals surface area contributed by atoms with E-state index in [-0.39, 0.29) is 11.6 Å². The number of aliphatic hydroxyl groups excluding tert-OH is 1. The fourth-order valence-electron chi connectivity index (χ4n) is 1.97. The third-order valence-corrected chi connectivity index (χ3v) is 3.03. The summed E-state index contributed by atoms with van der Waals surface area (Å²) in [4.78, 5) is 19.8. The van der Waals surface area contributed by atoms with E-state index in [0.29, 0.717) is 12.1 Å². The summed E-state index contributed by atoms with van der Waals surface area (Å²) in [5.41, 5.74) is 1.45. The third-order valence-electron chi connectivity index (χ3n) is 3.03. The summed E-state index contributed by atoms with van der Waals surface area (Å²) in [5.74, 6) is -0.479. The monoisotopic (exact) mass is 295 g/mol. The second-order valence-electron chi connectivity index (χ2n) is 4.62. The van der Waals surface area contributed by atoms with Crippen LogP contribution >= 0.6 is 0 Å². The highest BCUT2D eigenvalue weighted by Crippen LogP contribution is 2.13. The van der Waals surface area contributed by atoms with Gasteiger partial charge in [-0.3, -0.25) is 14.9 Å². The van der Waals surface area contributed by atoms with E-state index in [2.05, 4.69) is 20.2 Å². The van der Waals surface area contributed by atoms with Crippen molar-refractivity contribution >= 4 is 11.5 Å². The topological polar surface area (TPSA) is 96.7 Å². The Morgan fingerprint density at radius 3 is 2.95 bits per heavy atom. The van der Waals surface area contributed by atoms with Gasteiger partial charge in [-0.1, -0.05) is 6.07 Å². The highest BCUT2D eigenvalue weighted by Gasteiger charge is 2.09. The Bertz CT molecular complexity index is 790. The van der Waals surface area contributed by atoms with Gasteiger partial charge in [0, 0.05) is 30.2 Å². The highest BCUT2D eigenvalue weighted by molar-refractivity contribution is 6.05. The fourth-order valence-corrected chi connectivity index (χ4v) is 1.97. The van der Waals surface area contributed by atoms with Crippen molar-refractivity contribution in [2.24, 2.45) is 0 Å². The number of hydrogen-bond donors (Lipinski definition) is 2. The quantitative estimate of drug-likeness (QED) is 0.425. The van der Waals surface area contributed by atoms with E-state index in [1.165, 1.54) is 6.33 Å². The van der Waals surface area contributed by atoms with E-state index in [1.807, 2.05) is 29.0 Å². The molecule has 3 aromatic heterocycles. The molecule has 3 rings (SSSR count). The molecule has 2 N–H and O–H groups in total. The first-order valence-electron chi connectivity index (χ1n) is 6.59. The number of allylic oxidation sites excluding steroid dienone is 1. The highest BCUT2D eigenvalue weighted by atomic mass is 16.3. The molecule has 0 amide bonds. The van der Waals surface area contributed by atoms with Gasteiger partial charge in [-0.25, -0.2) is 4.98 Å². The summed E-state index contributed by atoms with van der Waals surface area (Å²) < 4.78 is 1.88. The van der Waals surface area contributed by atoms with E-state index in [9.17, 15) is 9.90 Å². The van der Waals surface area contributed by atoms with Gasteiger partial charge < -0.3 is 9.67 Å². The number of pyridine rings is 1. The second-order valence-corrected chi connectivity index (χ2v) is 4.62. The summed E-state index contributed by atoms with van der Waals surface area (Å²) in [7, 11) is 0. The molecule has 3 heterocycles. The molecule has 0 saturated carbocycles. The molecule has 3 aromatic rings. The number of carbonyl (C=O) groups is 1. The SMILES string of the molecule is O=C(C=C(O)c1ccn(Cc2ccccn2)c1)c1ncn[nH]1. The number of carbonyl (C=O) groups excluding carboxylic acids is 1. The third kappa shape index (κ3) is 3.09. The van der Waals surface area contributed by atoms with Gasteiger partial charge >= 0.3 is 0 Å². The standard InChI is InChI=1S/C15H13N5O2/c21-13(7-14(22)15-17-10-18-19-15)11-4-6-20(8-11)9-12-3-1-2-5-16-12/h1-8,10,21H,9H2,(H,17,18,19). The van der Waals surface area contributed by atoms with Crippen molar-refractivity contribution in [3.05, 3.63) is 72.3 Å². The van der Waals surface area contributed by atoms with Gasteiger partial charge in [0.2, 0.25) is 5.78 Å². The van der Waals surface area contributed by atoms with E-state index in [1.54, 1.807) is 18.5 Å². The molecule has 22 heavy (non-hydrogen) atoms. The lowest BCUT2D eigenvalue weighted by molar-refractivity contribution is 0.103. The number of aliphatic hydroxyl groups is 1. The maximum Gasteiger partial charge on any atom is 0.226 e. The van der Waals surface area contributed by atoms with Gasteiger partial charge in [0.25, 0.3) is 0 Å². The predicted molar refractivity (Wildman–Crippen MR) is 79.1 cm³/mol. The largest absolute Gasteiger partial charge is 0.507 e. The van der Waals surface area contributed by atoms with Gasteiger partial charge in [0.15, 0.2) is 5.82 Å². The number of ketones is 1. The van der Waals surface area contributed by atoms with Crippen LogP contribution in [0.3, 0.4) is 0 Å². The van der Waals surface area contributed by atoms with Crippen LogP contribution < -0.4 is 0 Å². The van der Waals surface area contributed by atoms with Gasteiger partial charge in [-0.2, -0.15) is 5.10 Å². The summed E-state index contributed by atoms with van der Waals surface area (Å²) in [6.07, 6.45) is 7.64. The zero-order chi connectivity index (χ0) is 15.4. The van der Waals surface area contributed by atoms with E-state index < -0.39 is 5.78 Å². The first-order chi connectivity index (χ1) is 10.7. The summed E-state index contributed by atoms with van der Waals surface area (Å²) in [6, 6.07) is 7.42. The Morgan fingerprint density at radius 2 is 2.23 bits per heavy atom. The molecular weight excluding hydrogens is 282 g/mol. The van der Waals surface area contributed by atoms with Crippen molar-refractivity contribution in [1.29, 1.82) is 0 Å². The minimum absolute atomic E-state index is 0.0828. The summed E-state index contributed by atoms with van der Waals surface area (Å²) >= 11 is 0. The van der Waals surface area contributed by atoms with E-state index >= 15 is 0 Å². The van der Waals surface area contributed by atoms with Crippen LogP contribution in [0.5, 0.6) is 0 Å². The van der Waals surface area contributed by atoms with Crippen LogP contribution in [0.15, 0.2) is 55.3 Å². The molecule has 7 nitrogen and oxygen atoms in total. The van der Waals surface area contributed by atoms with Gasteiger partial charge in [0.1, 0.15) is 12.1 Å². The Kier molecular flexibility index (Phi) is 3.78. The summed E-state index contributed by atoms with van der Waals surface area (Å²) in [6.45, 7) is 0.587. The number of aromatic amines is 1. The van der Waals surface area contributed by atoms with Crippen molar-refractivity contribution in [2.45, 2.75) is 6.54 Å². The average Bonchev–Trinajstić information content (AvgIpc) is 3.19. The first kappa shape index (κ1) is 13.7. The molecule has 0 aromatic carbocycles. The van der Waals surface area contributed by atoms with Crippen LogP contribution in [0, 0.1) is 0 Å². The molecule has 0 spiro atoms.